The molecular weight excluding hydrogens is 402 g/mol. The van der Waals surface area contributed by atoms with Crippen LogP contribution in [0.3, 0.4) is 0 Å². The van der Waals surface area contributed by atoms with Crippen molar-refractivity contribution in [3.63, 3.8) is 0 Å². The Morgan fingerprint density at radius 3 is 2.20 bits per heavy atom. The van der Waals surface area contributed by atoms with Crippen LogP contribution in [-0.2, 0) is 32.6 Å². The Hall–Kier alpha value is -2.38. The lowest BCUT2D eigenvalue weighted by molar-refractivity contribution is -0.155. The van der Waals surface area contributed by atoms with Gasteiger partial charge in [-0.15, -0.1) is 0 Å². The fraction of sp³-hybridized carbons (Fsp3) is 0.435. The number of ether oxygens (including phenoxy) is 1. The first kappa shape index (κ1) is 23.9. The van der Waals surface area contributed by atoms with Crippen LogP contribution in [0.5, 0.6) is 5.75 Å². The second-order valence-electron chi connectivity index (χ2n) is 8.41. The molecule has 2 aromatic rings. The second-order valence-corrected chi connectivity index (χ2v) is 9.98. The molecule has 0 aromatic heterocycles. The summed E-state index contributed by atoms with van der Waals surface area (Å²) in [5.74, 6) is 0.0726. The molecule has 0 aliphatic heterocycles. The fourth-order valence-corrected chi connectivity index (χ4v) is 3.50. The highest BCUT2D eigenvalue weighted by atomic mass is 32.2. The van der Waals surface area contributed by atoms with Gasteiger partial charge in [-0.3, -0.25) is 4.79 Å². The number of benzene rings is 2. The summed E-state index contributed by atoms with van der Waals surface area (Å²) in [6.07, 6.45) is 1.96. The van der Waals surface area contributed by atoms with Crippen molar-refractivity contribution in [3.8, 4) is 5.75 Å². The van der Waals surface area contributed by atoms with E-state index in [2.05, 4.69) is 17.4 Å². The summed E-state index contributed by atoms with van der Waals surface area (Å²) < 4.78 is 32.9. The van der Waals surface area contributed by atoms with Crippen molar-refractivity contribution >= 4 is 16.1 Å². The SMILES string of the molecule is CC(C)(C)OC(=O)CC(CNCc1ccccc1)Cc1ccc(OS(C)(=O)=O)cc1. The maximum Gasteiger partial charge on any atom is 0.306 e. The first-order valence-electron chi connectivity index (χ1n) is 9.95. The molecule has 6 nitrogen and oxygen atoms in total. The van der Waals surface area contributed by atoms with Crippen molar-refractivity contribution in [1.82, 2.24) is 5.32 Å². The largest absolute Gasteiger partial charge is 0.460 e. The normalized spacial score (nSPS) is 12.9. The minimum absolute atomic E-state index is 0.0326. The van der Waals surface area contributed by atoms with Gasteiger partial charge in [-0.2, -0.15) is 8.42 Å². The van der Waals surface area contributed by atoms with Crippen molar-refractivity contribution < 1.29 is 22.1 Å². The van der Waals surface area contributed by atoms with E-state index in [1.54, 1.807) is 12.1 Å². The van der Waals surface area contributed by atoms with Gasteiger partial charge in [0.05, 0.1) is 6.26 Å². The first-order valence-corrected chi connectivity index (χ1v) is 11.8. The van der Waals surface area contributed by atoms with Crippen molar-refractivity contribution in [2.75, 3.05) is 12.8 Å². The summed E-state index contributed by atoms with van der Waals surface area (Å²) in [5, 5.41) is 3.42. The van der Waals surface area contributed by atoms with Crippen molar-refractivity contribution in [1.29, 1.82) is 0 Å². The van der Waals surface area contributed by atoms with Crippen LogP contribution in [-0.4, -0.2) is 32.8 Å². The number of hydrogen-bond donors (Lipinski definition) is 1. The summed E-state index contributed by atoms with van der Waals surface area (Å²) in [5.41, 5.74) is 1.64. The Labute approximate surface area is 179 Å². The van der Waals surface area contributed by atoms with E-state index >= 15 is 0 Å². The van der Waals surface area contributed by atoms with Gasteiger partial charge >= 0.3 is 16.1 Å². The van der Waals surface area contributed by atoms with E-state index in [4.69, 9.17) is 8.92 Å². The van der Waals surface area contributed by atoms with Gasteiger partial charge in [0.2, 0.25) is 0 Å². The maximum atomic E-state index is 12.4. The molecule has 0 saturated carbocycles. The molecule has 0 radical (unpaired) electrons. The Kier molecular flexibility index (Phi) is 8.43. The third-order valence-corrected chi connectivity index (χ3v) is 4.67. The summed E-state index contributed by atoms with van der Waals surface area (Å²) in [6.45, 7) is 6.93. The standard InChI is InChI=1S/C23H31NO5S/c1-23(2,3)28-22(25)15-20(17-24-16-19-8-6-5-7-9-19)14-18-10-12-21(13-11-18)29-30(4,26)27/h5-13,20,24H,14-17H2,1-4H3. The zero-order valence-corrected chi connectivity index (χ0v) is 18.9. The molecule has 7 heteroatoms. The predicted molar refractivity (Wildman–Crippen MR) is 118 cm³/mol. The number of esters is 1. The third-order valence-electron chi connectivity index (χ3n) is 4.18. The van der Waals surface area contributed by atoms with E-state index in [1.807, 2.05) is 51.1 Å². The number of nitrogens with one attached hydrogen (secondary N) is 1. The Balaban J connectivity index is 2.01. The molecule has 0 heterocycles. The van der Waals surface area contributed by atoms with Crippen LogP contribution in [0.1, 0.15) is 38.3 Å². The Morgan fingerprint density at radius 1 is 1.00 bits per heavy atom. The highest BCUT2D eigenvalue weighted by Crippen LogP contribution is 2.19. The summed E-state index contributed by atoms with van der Waals surface area (Å²) in [7, 11) is -3.56. The van der Waals surface area contributed by atoms with Crippen LogP contribution < -0.4 is 9.50 Å². The van der Waals surface area contributed by atoms with Gasteiger partial charge in [-0.25, -0.2) is 0 Å². The minimum atomic E-state index is -3.56. The topological polar surface area (TPSA) is 81.7 Å². The molecule has 0 saturated heterocycles. The molecule has 2 rings (SSSR count). The number of carbonyl (C=O) groups is 1. The molecule has 30 heavy (non-hydrogen) atoms. The molecule has 0 amide bonds. The molecular formula is C23H31NO5S. The number of hydrogen-bond acceptors (Lipinski definition) is 6. The molecule has 0 fully saturated rings. The van der Waals surface area contributed by atoms with Gasteiger partial charge in [0.1, 0.15) is 11.4 Å². The van der Waals surface area contributed by atoms with Gasteiger partial charge in [-0.1, -0.05) is 42.5 Å². The second kappa shape index (κ2) is 10.6. The lowest BCUT2D eigenvalue weighted by atomic mass is 9.95. The minimum Gasteiger partial charge on any atom is -0.460 e. The zero-order valence-electron chi connectivity index (χ0n) is 18.1. The number of carbonyl (C=O) groups excluding carboxylic acids is 1. The number of rotatable bonds is 10. The highest BCUT2D eigenvalue weighted by Gasteiger charge is 2.21. The molecule has 0 aliphatic carbocycles. The maximum absolute atomic E-state index is 12.4. The molecule has 1 atom stereocenters. The quantitative estimate of drug-likeness (QED) is 0.454. The lowest BCUT2D eigenvalue weighted by Gasteiger charge is -2.23. The van der Waals surface area contributed by atoms with E-state index in [9.17, 15) is 13.2 Å². The van der Waals surface area contributed by atoms with Gasteiger partial charge in [0.15, 0.2) is 0 Å². The fourth-order valence-electron chi connectivity index (χ4n) is 3.04. The lowest BCUT2D eigenvalue weighted by Crippen LogP contribution is -2.30. The molecule has 164 valence electrons. The van der Waals surface area contributed by atoms with E-state index in [1.165, 1.54) is 5.56 Å². The van der Waals surface area contributed by atoms with E-state index in [0.717, 1.165) is 11.8 Å². The molecule has 2 aromatic carbocycles. The monoisotopic (exact) mass is 433 g/mol. The van der Waals surface area contributed by atoms with Crippen LogP contribution >= 0.6 is 0 Å². The van der Waals surface area contributed by atoms with Crippen molar-refractivity contribution in [2.45, 2.75) is 45.8 Å². The zero-order chi connectivity index (χ0) is 22.2. The Morgan fingerprint density at radius 2 is 1.63 bits per heavy atom. The van der Waals surface area contributed by atoms with E-state index in [0.29, 0.717) is 25.9 Å². The summed E-state index contributed by atoms with van der Waals surface area (Å²) in [4.78, 5) is 12.4. The summed E-state index contributed by atoms with van der Waals surface area (Å²) >= 11 is 0. The van der Waals surface area contributed by atoms with Crippen LogP contribution in [0.25, 0.3) is 0 Å². The smallest absolute Gasteiger partial charge is 0.306 e. The predicted octanol–water partition coefficient (Wildman–Crippen LogP) is 3.71. The molecule has 0 spiro atoms. The van der Waals surface area contributed by atoms with Crippen LogP contribution in [0, 0.1) is 5.92 Å². The third kappa shape index (κ3) is 9.89. The van der Waals surface area contributed by atoms with Crippen LogP contribution in [0.15, 0.2) is 54.6 Å². The first-order chi connectivity index (χ1) is 14.0. The van der Waals surface area contributed by atoms with Gasteiger partial charge < -0.3 is 14.2 Å². The van der Waals surface area contributed by atoms with Crippen molar-refractivity contribution in [3.05, 3.63) is 65.7 Å². The highest BCUT2D eigenvalue weighted by molar-refractivity contribution is 7.86. The van der Waals surface area contributed by atoms with Crippen molar-refractivity contribution in [2.24, 2.45) is 5.92 Å². The van der Waals surface area contributed by atoms with Crippen LogP contribution in [0.2, 0.25) is 0 Å². The molecule has 0 aliphatic rings. The molecule has 1 N–H and O–H groups in total. The summed E-state index contributed by atoms with van der Waals surface area (Å²) in [6, 6.07) is 17.0. The van der Waals surface area contributed by atoms with Crippen LogP contribution in [0.4, 0.5) is 0 Å². The van der Waals surface area contributed by atoms with Gasteiger partial charge in [0.25, 0.3) is 0 Å². The molecule has 1 unspecified atom stereocenters. The van der Waals surface area contributed by atoms with E-state index < -0.39 is 15.7 Å². The van der Waals surface area contributed by atoms with E-state index in [-0.39, 0.29) is 17.6 Å². The van der Waals surface area contributed by atoms with Gasteiger partial charge in [0, 0.05) is 13.0 Å². The Bertz CT molecular complexity index is 903. The van der Waals surface area contributed by atoms with Gasteiger partial charge in [-0.05, 0) is 62.9 Å². The molecule has 0 bridgehead atoms. The average Bonchev–Trinajstić information content (AvgIpc) is 2.61. The average molecular weight is 434 g/mol.